The van der Waals surface area contributed by atoms with Crippen molar-refractivity contribution in [3.63, 3.8) is 0 Å². The molecule has 0 saturated heterocycles. The predicted molar refractivity (Wildman–Crippen MR) is 213 cm³/mol. The van der Waals surface area contributed by atoms with Gasteiger partial charge in [-0.1, -0.05) is 80.6 Å². The minimum absolute atomic E-state index is 0. The Labute approximate surface area is 309 Å². The number of ether oxygens (including phenoxy) is 1. The van der Waals surface area contributed by atoms with Crippen LogP contribution in [0.3, 0.4) is 0 Å². The van der Waals surface area contributed by atoms with Gasteiger partial charge in [0.2, 0.25) is 0 Å². The van der Waals surface area contributed by atoms with E-state index in [-0.39, 0.29) is 20.6 Å². The van der Waals surface area contributed by atoms with E-state index in [0.29, 0.717) is 34.9 Å². The number of aromatic hydroxyl groups is 1. The van der Waals surface area contributed by atoms with Gasteiger partial charge in [0.25, 0.3) is 0 Å². The highest BCUT2D eigenvalue weighted by Gasteiger charge is 2.18. The average Bonchev–Trinajstić information content (AvgIpc) is 3.79. The van der Waals surface area contributed by atoms with Crippen LogP contribution in [-0.2, 0) is 6.54 Å². The number of benzene rings is 4. The van der Waals surface area contributed by atoms with Crippen LogP contribution in [0.2, 0.25) is 0 Å². The number of rotatable bonds is 6. The second-order valence-electron chi connectivity index (χ2n) is 12.2. The standard InChI is InChI=1S/C21H16N4O.C20H18N4O.2CH4/c1-13-3-6-15(7-4-13)19-21(26-2)20(24-12-23-19)18-10-16-9-14(11-22)5-8-17(16)25-18;1-12-2-5-14(6-3-12)18-20(25)19(23-11-22-18)17-9-15-8-13(10-21)4-7-16(15)24-17;;/h3-10,12,25H,1-2H3;2-9,11,24-25H,10,21H2,1H3;2*1H4. The molecular weight excluding hydrogens is 661 g/mol. The monoisotopic (exact) mass is 702 g/mol. The van der Waals surface area contributed by atoms with Gasteiger partial charge >= 0.3 is 0 Å². The second kappa shape index (κ2) is 16.0. The summed E-state index contributed by atoms with van der Waals surface area (Å²) in [5.41, 5.74) is 17.5. The maximum absolute atomic E-state index is 10.7. The predicted octanol–water partition coefficient (Wildman–Crippen LogP) is 9.52. The Morgan fingerprint density at radius 2 is 1.17 bits per heavy atom. The maximum Gasteiger partial charge on any atom is 0.172 e. The van der Waals surface area contributed by atoms with Gasteiger partial charge in [0, 0.05) is 39.5 Å². The van der Waals surface area contributed by atoms with E-state index < -0.39 is 0 Å². The Morgan fingerprint density at radius 1 is 0.660 bits per heavy atom. The van der Waals surface area contributed by atoms with Crippen molar-refractivity contribution in [2.75, 3.05) is 7.11 Å². The van der Waals surface area contributed by atoms with Crippen LogP contribution in [-0.4, -0.2) is 42.1 Å². The van der Waals surface area contributed by atoms with Crippen molar-refractivity contribution in [1.82, 2.24) is 29.9 Å². The summed E-state index contributed by atoms with van der Waals surface area (Å²) < 4.78 is 5.66. The quantitative estimate of drug-likeness (QED) is 0.133. The van der Waals surface area contributed by atoms with Gasteiger partial charge in [0.05, 0.1) is 30.1 Å². The molecule has 0 amide bonds. The number of H-pyrrole nitrogens is 2. The number of aromatic amines is 2. The van der Waals surface area contributed by atoms with Crippen molar-refractivity contribution in [2.45, 2.75) is 35.2 Å². The molecule has 53 heavy (non-hydrogen) atoms. The van der Waals surface area contributed by atoms with Crippen molar-refractivity contribution < 1.29 is 9.84 Å². The van der Waals surface area contributed by atoms with E-state index in [1.165, 1.54) is 11.9 Å². The van der Waals surface area contributed by atoms with Crippen molar-refractivity contribution in [2.24, 2.45) is 5.73 Å². The number of fused-ring (bicyclic) bond motifs is 2. The Balaban J connectivity index is 0.000000197. The minimum Gasteiger partial charge on any atom is -0.504 e. The molecule has 0 aliphatic heterocycles. The summed E-state index contributed by atoms with van der Waals surface area (Å²) in [7, 11) is 1.62. The van der Waals surface area contributed by atoms with Crippen LogP contribution >= 0.6 is 0 Å². The number of hydrogen-bond acceptors (Lipinski definition) is 8. The van der Waals surface area contributed by atoms with E-state index in [0.717, 1.165) is 61.1 Å². The lowest BCUT2D eigenvalue weighted by atomic mass is 10.1. The van der Waals surface area contributed by atoms with Crippen molar-refractivity contribution in [1.29, 1.82) is 5.26 Å². The maximum atomic E-state index is 10.7. The van der Waals surface area contributed by atoms with E-state index in [9.17, 15) is 5.11 Å². The molecule has 0 aliphatic carbocycles. The van der Waals surface area contributed by atoms with Crippen LogP contribution in [0.4, 0.5) is 0 Å². The van der Waals surface area contributed by atoms with Gasteiger partial charge in [-0.05, 0) is 61.9 Å². The van der Waals surface area contributed by atoms with E-state index in [1.807, 2.05) is 105 Å². The van der Waals surface area contributed by atoms with Gasteiger partial charge in [-0.15, -0.1) is 0 Å². The number of hydrogen-bond donors (Lipinski definition) is 4. The first-order valence-electron chi connectivity index (χ1n) is 16.3. The fourth-order valence-corrected chi connectivity index (χ4v) is 5.94. The van der Waals surface area contributed by atoms with Crippen LogP contribution in [0.5, 0.6) is 11.5 Å². The first-order chi connectivity index (χ1) is 24.8. The summed E-state index contributed by atoms with van der Waals surface area (Å²) >= 11 is 0. The van der Waals surface area contributed by atoms with Gasteiger partial charge < -0.3 is 25.5 Å². The zero-order valence-electron chi connectivity index (χ0n) is 28.3. The number of aromatic nitrogens is 6. The molecule has 0 unspecified atom stereocenters. The number of nitrogens with one attached hydrogen (secondary N) is 2. The molecule has 0 fully saturated rings. The van der Waals surface area contributed by atoms with Gasteiger partial charge in [-0.25, -0.2) is 19.9 Å². The molecule has 0 bridgehead atoms. The van der Waals surface area contributed by atoms with Crippen LogP contribution in [0, 0.1) is 25.2 Å². The molecule has 266 valence electrons. The Bertz CT molecular complexity index is 2550. The molecule has 0 radical (unpaired) electrons. The number of nitriles is 1. The van der Waals surface area contributed by atoms with Gasteiger partial charge in [0.15, 0.2) is 11.5 Å². The molecule has 4 heterocycles. The number of nitrogens with zero attached hydrogens (tertiary/aromatic N) is 5. The summed E-state index contributed by atoms with van der Waals surface area (Å²) in [4.78, 5) is 24.0. The van der Waals surface area contributed by atoms with Crippen LogP contribution < -0.4 is 10.5 Å². The normalized spacial score (nSPS) is 10.5. The highest BCUT2D eigenvalue weighted by Crippen LogP contribution is 2.37. The topological polar surface area (TPSA) is 162 Å². The van der Waals surface area contributed by atoms with Gasteiger partial charge in [-0.3, -0.25) is 0 Å². The van der Waals surface area contributed by atoms with E-state index in [1.54, 1.807) is 19.5 Å². The molecule has 5 N–H and O–H groups in total. The highest BCUT2D eigenvalue weighted by atomic mass is 16.5. The van der Waals surface area contributed by atoms with E-state index in [2.05, 4.69) is 36.0 Å². The lowest BCUT2D eigenvalue weighted by molar-refractivity contribution is 0.414. The molecule has 10 heteroatoms. The minimum atomic E-state index is 0. The fourth-order valence-electron chi connectivity index (χ4n) is 5.94. The first kappa shape index (κ1) is 37.4. The molecule has 0 saturated carbocycles. The lowest BCUT2D eigenvalue weighted by Gasteiger charge is -2.11. The zero-order chi connectivity index (χ0) is 35.5. The average molecular weight is 703 g/mol. The Morgan fingerprint density at radius 3 is 1.75 bits per heavy atom. The number of methoxy groups -OCH3 is 1. The van der Waals surface area contributed by atoms with Gasteiger partial charge in [0.1, 0.15) is 35.4 Å². The van der Waals surface area contributed by atoms with Crippen molar-refractivity contribution in [3.8, 4) is 62.9 Å². The first-order valence-corrected chi connectivity index (χ1v) is 16.3. The molecule has 4 aromatic carbocycles. The molecule has 0 atom stereocenters. The van der Waals surface area contributed by atoms with Crippen molar-refractivity contribution >= 4 is 21.8 Å². The van der Waals surface area contributed by atoms with E-state index >= 15 is 0 Å². The zero-order valence-corrected chi connectivity index (χ0v) is 28.3. The van der Waals surface area contributed by atoms with E-state index in [4.69, 9.17) is 15.7 Å². The third-order valence-electron chi connectivity index (χ3n) is 8.66. The summed E-state index contributed by atoms with van der Waals surface area (Å²) in [6, 6.07) is 33.7. The molecule has 8 aromatic rings. The SMILES string of the molecule is C.C.COc1c(-c2ccc(C)cc2)ncnc1-c1cc2cc(C#N)ccc2[nH]1.Cc1ccc(-c2ncnc(-c3cc4cc(CN)ccc4[nH]3)c2O)cc1. The summed E-state index contributed by atoms with van der Waals surface area (Å²) in [5, 5.41) is 21.8. The largest absolute Gasteiger partial charge is 0.504 e. The smallest absolute Gasteiger partial charge is 0.172 e. The molecule has 8 rings (SSSR count). The lowest BCUT2D eigenvalue weighted by Crippen LogP contribution is -1.97. The van der Waals surface area contributed by atoms with Gasteiger partial charge in [-0.2, -0.15) is 5.26 Å². The molecule has 10 nitrogen and oxygen atoms in total. The molecular formula is C43H42N8O2. The van der Waals surface area contributed by atoms with Crippen LogP contribution in [0.25, 0.3) is 67.1 Å². The van der Waals surface area contributed by atoms with Crippen LogP contribution in [0.15, 0.2) is 110 Å². The number of nitrogens with two attached hydrogens (primary N) is 1. The molecule has 4 aromatic heterocycles. The second-order valence-corrected chi connectivity index (χ2v) is 12.2. The van der Waals surface area contributed by atoms with Crippen molar-refractivity contribution in [3.05, 3.63) is 132 Å². The summed E-state index contributed by atoms with van der Waals surface area (Å²) in [5.74, 6) is 0.681. The summed E-state index contributed by atoms with van der Waals surface area (Å²) in [6.45, 7) is 4.56. The summed E-state index contributed by atoms with van der Waals surface area (Å²) in [6.07, 6.45) is 3.01. The number of aryl methyl sites for hydroxylation is 2. The highest BCUT2D eigenvalue weighted by molar-refractivity contribution is 5.89. The van der Waals surface area contributed by atoms with Crippen LogP contribution in [0.1, 0.15) is 37.1 Å². The third-order valence-corrected chi connectivity index (χ3v) is 8.66. The Kier molecular flexibility index (Phi) is 11.3. The molecule has 0 spiro atoms. The fraction of sp³-hybridized carbons (Fsp3) is 0.140. The Hall–Kier alpha value is -6.83. The third kappa shape index (κ3) is 7.61. The molecule has 0 aliphatic rings.